The summed E-state index contributed by atoms with van der Waals surface area (Å²) in [5.41, 5.74) is 0. The molecule has 0 heterocycles. The molecule has 34 heavy (non-hydrogen) atoms. The van der Waals surface area contributed by atoms with E-state index in [2.05, 4.69) is 18.8 Å². The molecule has 0 radical (unpaired) electrons. The number of nitrogens with one attached hydrogen (secondary N) is 1. The van der Waals surface area contributed by atoms with Crippen molar-refractivity contribution in [3.63, 3.8) is 0 Å². The normalized spacial score (nSPS) is 29.6. The summed E-state index contributed by atoms with van der Waals surface area (Å²) in [6.07, 6.45) is 16.1. The minimum absolute atomic E-state index is 0.0172. The molecule has 0 aromatic carbocycles. The molecular weight excluding hydrogens is 555 g/mol. The number of hydrogen-bond acceptors (Lipinski definition) is 1. The first-order valence-corrected chi connectivity index (χ1v) is 15.1. The van der Waals surface area contributed by atoms with E-state index in [9.17, 15) is 4.79 Å². The highest BCUT2D eigenvalue weighted by Crippen LogP contribution is 2.77. The van der Waals surface area contributed by atoms with E-state index in [1.165, 1.54) is 25.7 Å². The maximum atomic E-state index is 11.7. The van der Waals surface area contributed by atoms with Crippen LogP contribution in [-0.4, -0.2) is 26.5 Å². The molecule has 2 bridgehead atoms. The van der Waals surface area contributed by atoms with Crippen molar-refractivity contribution in [1.29, 1.82) is 0 Å². The third-order valence-electron chi connectivity index (χ3n) is 7.48. The highest BCUT2D eigenvalue weighted by Gasteiger charge is 2.81. The Hall–Kier alpha value is 0.690. The van der Waals surface area contributed by atoms with Gasteiger partial charge in [-0.3, -0.25) is 4.79 Å². The average molecular weight is 594 g/mol. The summed E-state index contributed by atoms with van der Waals surface area (Å²) in [6.45, 7) is 6.34. The van der Waals surface area contributed by atoms with Crippen LogP contribution in [0.25, 0.3) is 0 Å². The Bertz CT molecular complexity index is 726. The van der Waals surface area contributed by atoms with Crippen LogP contribution in [0.5, 0.6) is 0 Å². The molecule has 2 nitrogen and oxygen atoms in total. The van der Waals surface area contributed by atoms with Crippen molar-refractivity contribution in [2.24, 2.45) is 11.8 Å². The van der Waals surface area contributed by atoms with Crippen LogP contribution in [0.15, 0.2) is 22.7 Å². The second-order valence-electron chi connectivity index (χ2n) is 9.79. The third-order valence-corrected chi connectivity index (χ3v) is 11.8. The van der Waals surface area contributed by atoms with Gasteiger partial charge in [-0.2, -0.15) is 0 Å². The van der Waals surface area contributed by atoms with Crippen molar-refractivity contribution in [2.75, 3.05) is 6.54 Å². The number of hydrogen-bond donors (Lipinski definition) is 1. The topological polar surface area (TPSA) is 29.1 Å². The summed E-state index contributed by atoms with van der Waals surface area (Å²) < 4.78 is -1.45. The number of unbranched alkanes of at least 4 members (excludes halogenated alkanes) is 9. The first-order valence-electron chi connectivity index (χ1n) is 12.8. The van der Waals surface area contributed by atoms with Gasteiger partial charge >= 0.3 is 0 Å². The molecule has 2 rings (SSSR count). The summed E-state index contributed by atoms with van der Waals surface area (Å²) in [5.74, 6) is 0.0307. The quantitative estimate of drug-likeness (QED) is 0.101. The molecule has 4 atom stereocenters. The lowest BCUT2D eigenvalue weighted by Crippen LogP contribution is -2.44. The highest BCUT2D eigenvalue weighted by molar-refractivity contribution is 6.65. The van der Waals surface area contributed by atoms with Crippen LogP contribution in [0.2, 0.25) is 0 Å². The number of alkyl halides is 4. The predicted molar refractivity (Wildman–Crippen MR) is 151 cm³/mol. The number of allylic oxidation sites excluding steroid dienone is 2. The molecule has 1 N–H and O–H groups in total. The number of fused-ring (bicyclic) bond motifs is 2. The van der Waals surface area contributed by atoms with E-state index in [1.807, 2.05) is 0 Å². The van der Waals surface area contributed by atoms with Gasteiger partial charge in [-0.15, -0.1) is 29.8 Å². The third kappa shape index (κ3) is 6.21. The van der Waals surface area contributed by atoms with Crippen molar-refractivity contribution in [2.45, 2.75) is 111 Å². The van der Waals surface area contributed by atoms with Crippen LogP contribution in [0, 0.1) is 11.8 Å². The molecule has 1 saturated carbocycles. The molecule has 2 aliphatic rings. The SMILES string of the molecule is C=CCNC(=O)CCCCCCC[C@@H]1[C@H](CCCCCCCC)[C@]2(Cl)C(Cl)=C(Cl)[C@]1(Cl)C2(Cl)Cl. The monoisotopic (exact) mass is 591 g/mol. The molecule has 1 amide bonds. The molecule has 2 aliphatic carbocycles. The van der Waals surface area contributed by atoms with Crippen molar-refractivity contribution < 1.29 is 4.79 Å². The van der Waals surface area contributed by atoms with Crippen LogP contribution in [0.4, 0.5) is 0 Å². The van der Waals surface area contributed by atoms with Gasteiger partial charge in [0.2, 0.25) is 5.91 Å². The molecule has 0 saturated heterocycles. The summed E-state index contributed by atoms with van der Waals surface area (Å²) >= 11 is 41.2. The Morgan fingerprint density at radius 2 is 1.26 bits per heavy atom. The van der Waals surface area contributed by atoms with E-state index in [0.717, 1.165) is 57.8 Å². The van der Waals surface area contributed by atoms with Crippen LogP contribution < -0.4 is 5.32 Å². The van der Waals surface area contributed by atoms with Crippen molar-refractivity contribution in [3.05, 3.63) is 22.7 Å². The van der Waals surface area contributed by atoms with Gasteiger partial charge in [-0.05, 0) is 31.1 Å². The standard InChI is InChI=1S/C26H39Cl6NO/c1-3-5-6-7-9-12-15-19-20(16-13-10-8-11-14-17-21(34)33-18-4-2)25(30)23(28)22(27)24(19,29)26(25,31)32/h4,19-20H,2-3,5-18H2,1H3,(H,33,34)/t19-,20+,24-,25-/m0/s1. The maximum Gasteiger partial charge on any atom is 0.220 e. The van der Waals surface area contributed by atoms with Crippen LogP contribution in [0.3, 0.4) is 0 Å². The first-order chi connectivity index (χ1) is 16.1. The summed E-state index contributed by atoms with van der Waals surface area (Å²) in [5, 5.41) is 3.44. The van der Waals surface area contributed by atoms with E-state index < -0.39 is 14.1 Å². The van der Waals surface area contributed by atoms with Crippen LogP contribution in [-0.2, 0) is 4.79 Å². The van der Waals surface area contributed by atoms with E-state index in [1.54, 1.807) is 6.08 Å². The summed E-state index contributed by atoms with van der Waals surface area (Å²) in [7, 11) is 0. The van der Waals surface area contributed by atoms with Crippen molar-refractivity contribution in [3.8, 4) is 0 Å². The van der Waals surface area contributed by atoms with Gasteiger partial charge in [0.15, 0.2) is 4.33 Å². The molecule has 0 aromatic heterocycles. The molecule has 1 fully saturated rings. The zero-order chi connectivity index (χ0) is 25.4. The molecule has 0 spiro atoms. The highest BCUT2D eigenvalue weighted by atomic mass is 35.5. The first kappa shape index (κ1) is 30.9. The Labute approximate surface area is 236 Å². The minimum atomic E-state index is -1.45. The lowest BCUT2D eigenvalue weighted by molar-refractivity contribution is -0.121. The van der Waals surface area contributed by atoms with Gasteiger partial charge in [0.05, 0.1) is 10.1 Å². The van der Waals surface area contributed by atoms with Crippen LogP contribution >= 0.6 is 69.6 Å². The van der Waals surface area contributed by atoms with Gasteiger partial charge in [0.25, 0.3) is 0 Å². The predicted octanol–water partition coefficient (Wildman–Crippen LogP) is 9.85. The van der Waals surface area contributed by atoms with E-state index >= 15 is 0 Å². The second-order valence-corrected chi connectivity index (χ2v) is 13.1. The molecular formula is C26H39Cl6NO. The number of halogens is 6. The maximum absolute atomic E-state index is 11.7. The minimum Gasteiger partial charge on any atom is -0.353 e. The fourth-order valence-corrected chi connectivity index (χ4v) is 8.75. The largest absolute Gasteiger partial charge is 0.353 e. The Morgan fingerprint density at radius 1 is 0.824 bits per heavy atom. The smallest absolute Gasteiger partial charge is 0.220 e. The van der Waals surface area contributed by atoms with Crippen LogP contribution in [0.1, 0.15) is 96.8 Å². The fourth-order valence-electron chi connectivity index (χ4n) is 5.60. The molecule has 8 heteroatoms. The molecule has 0 aromatic rings. The Morgan fingerprint density at radius 3 is 1.74 bits per heavy atom. The van der Waals surface area contributed by atoms with Gasteiger partial charge < -0.3 is 5.32 Å². The number of rotatable bonds is 17. The Kier molecular flexibility index (Phi) is 12.7. The zero-order valence-electron chi connectivity index (χ0n) is 20.2. The van der Waals surface area contributed by atoms with E-state index in [0.29, 0.717) is 23.0 Å². The molecule has 0 aliphatic heterocycles. The lowest BCUT2D eigenvalue weighted by atomic mass is 9.76. The lowest BCUT2D eigenvalue weighted by Gasteiger charge is -2.37. The van der Waals surface area contributed by atoms with E-state index in [4.69, 9.17) is 69.6 Å². The zero-order valence-corrected chi connectivity index (χ0v) is 24.8. The average Bonchev–Trinajstić information content (AvgIpc) is 3.00. The van der Waals surface area contributed by atoms with Gasteiger partial charge in [-0.25, -0.2) is 0 Å². The van der Waals surface area contributed by atoms with Crippen molar-refractivity contribution in [1.82, 2.24) is 5.32 Å². The number of carbonyl (C=O) groups excluding carboxylic acids is 1. The van der Waals surface area contributed by atoms with Gasteiger partial charge in [0.1, 0.15) is 9.75 Å². The summed E-state index contributed by atoms with van der Waals surface area (Å²) in [4.78, 5) is 9.37. The summed E-state index contributed by atoms with van der Waals surface area (Å²) in [6, 6.07) is 0. The Balaban J connectivity index is 1.92. The van der Waals surface area contributed by atoms with Crippen molar-refractivity contribution >= 4 is 75.5 Å². The fraction of sp³-hybridized carbons (Fsp3) is 0.808. The number of carbonyl (C=O) groups is 1. The van der Waals surface area contributed by atoms with Gasteiger partial charge in [-0.1, -0.05) is 124 Å². The second kappa shape index (κ2) is 14.0. The molecule has 196 valence electrons. The number of amides is 1. The van der Waals surface area contributed by atoms with E-state index in [-0.39, 0.29) is 17.7 Å². The van der Waals surface area contributed by atoms with Gasteiger partial charge in [0, 0.05) is 13.0 Å². The molecule has 0 unspecified atom stereocenters.